The summed E-state index contributed by atoms with van der Waals surface area (Å²) in [6, 6.07) is 4.98. The minimum absolute atomic E-state index is 0.229. The number of hydrogen-bond acceptors (Lipinski definition) is 6. The van der Waals surface area contributed by atoms with Crippen LogP contribution in [0.25, 0.3) is 5.52 Å². The zero-order valence-corrected chi connectivity index (χ0v) is 18.2. The molecule has 1 aliphatic heterocycles. The van der Waals surface area contributed by atoms with E-state index in [4.69, 9.17) is 4.42 Å². The molecule has 0 saturated carbocycles. The summed E-state index contributed by atoms with van der Waals surface area (Å²) < 4.78 is 34.6. The number of nitrogens with one attached hydrogen (secondary N) is 1. The number of rotatable bonds is 4. The van der Waals surface area contributed by atoms with E-state index in [9.17, 15) is 18.7 Å². The number of carbonyl (C=O) groups is 1. The van der Waals surface area contributed by atoms with Gasteiger partial charge in [-0.25, -0.2) is 23.3 Å². The van der Waals surface area contributed by atoms with Crippen LogP contribution in [0.4, 0.5) is 8.78 Å². The molecule has 5 heterocycles. The van der Waals surface area contributed by atoms with E-state index in [0.717, 1.165) is 16.8 Å². The van der Waals surface area contributed by atoms with Crippen LogP contribution in [0.3, 0.4) is 0 Å². The minimum atomic E-state index is -3.05. The van der Waals surface area contributed by atoms with E-state index < -0.39 is 35.4 Å². The van der Waals surface area contributed by atoms with E-state index in [1.807, 2.05) is 31.3 Å². The fraction of sp³-hybridized carbons (Fsp3) is 0.364. The second kappa shape index (κ2) is 7.48. The van der Waals surface area contributed by atoms with Crippen molar-refractivity contribution in [1.82, 2.24) is 29.5 Å². The van der Waals surface area contributed by atoms with Crippen LogP contribution in [0.15, 0.2) is 35.1 Å². The number of halogens is 2. The number of carbonyl (C=O) groups excluding carboxylic acids is 1. The van der Waals surface area contributed by atoms with Gasteiger partial charge >= 0.3 is 0 Å². The van der Waals surface area contributed by atoms with Gasteiger partial charge in [0.2, 0.25) is 11.7 Å². The highest BCUT2D eigenvalue weighted by atomic mass is 19.3. The molecule has 9 nitrogen and oxygen atoms in total. The lowest BCUT2D eigenvalue weighted by molar-refractivity contribution is 0.0440. The largest absolute Gasteiger partial charge is 0.432 e. The standard InChI is InChI=1S/C22H22F2N6O3/c1-11-4-5-12-8-14(28-30(12)9-11)17-15-13(25-10-26-15)6-7-29(17)20(31)18-16(19(23)24)27-21(33-18)22(2,3)32/h4-5,8-10,17,19,32H,6-7H2,1-3H3,(H,25,26)/t17-/m0/s1. The fourth-order valence-electron chi connectivity index (χ4n) is 4.06. The van der Waals surface area contributed by atoms with Crippen molar-refractivity contribution in [3.8, 4) is 0 Å². The van der Waals surface area contributed by atoms with E-state index in [1.165, 1.54) is 25.1 Å². The highest BCUT2D eigenvalue weighted by molar-refractivity contribution is 5.93. The Balaban J connectivity index is 1.62. The number of amides is 1. The average molecular weight is 456 g/mol. The molecule has 0 bridgehead atoms. The lowest BCUT2D eigenvalue weighted by Gasteiger charge is -2.33. The molecule has 0 spiro atoms. The molecular formula is C22H22F2N6O3. The molecule has 4 aromatic rings. The summed E-state index contributed by atoms with van der Waals surface area (Å²) in [5.41, 5.74) is 1.39. The van der Waals surface area contributed by atoms with E-state index >= 15 is 0 Å². The Bertz CT molecular complexity index is 1350. The molecule has 5 rings (SSSR count). The molecule has 0 fully saturated rings. The molecule has 1 amide bonds. The van der Waals surface area contributed by atoms with Crippen LogP contribution in [0.1, 0.15) is 71.1 Å². The molecule has 0 aliphatic carbocycles. The molecule has 1 aliphatic rings. The molecular weight excluding hydrogens is 434 g/mol. The molecule has 2 N–H and O–H groups in total. The van der Waals surface area contributed by atoms with Gasteiger partial charge in [-0.05, 0) is 38.5 Å². The first-order valence-corrected chi connectivity index (χ1v) is 10.4. The number of nitrogens with zero attached hydrogens (tertiary/aromatic N) is 5. The van der Waals surface area contributed by atoms with Gasteiger partial charge in [0.25, 0.3) is 12.3 Å². The third kappa shape index (κ3) is 3.58. The molecule has 172 valence electrons. The van der Waals surface area contributed by atoms with Gasteiger partial charge in [0.05, 0.1) is 23.2 Å². The van der Waals surface area contributed by atoms with Gasteiger partial charge in [-0.3, -0.25) is 4.79 Å². The zero-order chi connectivity index (χ0) is 23.5. The Labute approximate surface area is 187 Å². The summed E-state index contributed by atoms with van der Waals surface area (Å²) in [5, 5.41) is 14.8. The Morgan fingerprint density at radius 3 is 2.88 bits per heavy atom. The minimum Gasteiger partial charge on any atom is -0.432 e. The predicted octanol–water partition coefficient (Wildman–Crippen LogP) is 3.31. The van der Waals surface area contributed by atoms with Crippen LogP contribution in [0, 0.1) is 6.92 Å². The summed E-state index contributed by atoms with van der Waals surface area (Å²) in [6.45, 7) is 4.87. The van der Waals surface area contributed by atoms with Gasteiger partial charge in [-0.2, -0.15) is 5.10 Å². The first-order chi connectivity index (χ1) is 15.6. The maximum Gasteiger partial charge on any atom is 0.292 e. The SMILES string of the molecule is Cc1ccc2cc([C@H]3c4nc[nH]c4CCN3C(=O)c3oc(C(C)(C)O)nc3C(F)F)nn2c1. The fourth-order valence-corrected chi connectivity index (χ4v) is 4.06. The Morgan fingerprint density at radius 1 is 1.36 bits per heavy atom. The van der Waals surface area contributed by atoms with E-state index in [2.05, 4.69) is 20.1 Å². The maximum atomic E-state index is 13.7. The van der Waals surface area contributed by atoms with E-state index in [0.29, 0.717) is 17.8 Å². The zero-order valence-electron chi connectivity index (χ0n) is 18.2. The van der Waals surface area contributed by atoms with Gasteiger partial charge in [0, 0.05) is 24.9 Å². The van der Waals surface area contributed by atoms with Crippen molar-refractivity contribution < 1.29 is 23.1 Å². The molecule has 33 heavy (non-hydrogen) atoms. The van der Waals surface area contributed by atoms with Crippen molar-refractivity contribution >= 4 is 11.4 Å². The monoisotopic (exact) mass is 456 g/mol. The Hall–Kier alpha value is -3.60. The van der Waals surface area contributed by atoms with Crippen molar-refractivity contribution in [2.24, 2.45) is 0 Å². The second-order valence-corrected chi connectivity index (χ2v) is 8.66. The Kier molecular flexibility index (Phi) is 4.82. The van der Waals surface area contributed by atoms with Crippen LogP contribution in [-0.2, 0) is 12.0 Å². The number of H-pyrrole nitrogens is 1. The molecule has 1 atom stereocenters. The van der Waals surface area contributed by atoms with Crippen molar-refractivity contribution in [3.05, 3.63) is 70.7 Å². The number of imidazole rings is 1. The molecule has 4 aromatic heterocycles. The van der Waals surface area contributed by atoms with E-state index in [-0.39, 0.29) is 12.4 Å². The lowest BCUT2D eigenvalue weighted by atomic mass is 9.99. The number of aromatic amines is 1. The molecule has 0 saturated heterocycles. The summed E-state index contributed by atoms with van der Waals surface area (Å²) in [4.78, 5) is 26.2. The highest BCUT2D eigenvalue weighted by Gasteiger charge is 2.40. The van der Waals surface area contributed by atoms with Gasteiger partial charge in [0.1, 0.15) is 11.6 Å². The third-order valence-corrected chi connectivity index (χ3v) is 5.67. The average Bonchev–Trinajstić information content (AvgIpc) is 3.48. The number of alkyl halides is 2. The normalized spacial score (nSPS) is 16.6. The first-order valence-electron chi connectivity index (χ1n) is 10.4. The number of oxazole rings is 1. The van der Waals surface area contributed by atoms with Gasteiger partial charge < -0.3 is 19.4 Å². The summed E-state index contributed by atoms with van der Waals surface area (Å²) in [5.74, 6) is -1.70. The molecule has 0 aromatic carbocycles. The molecule has 0 unspecified atom stereocenters. The number of pyridine rings is 1. The first kappa shape index (κ1) is 21.3. The summed E-state index contributed by atoms with van der Waals surface area (Å²) >= 11 is 0. The van der Waals surface area contributed by atoms with Crippen molar-refractivity contribution in [2.75, 3.05) is 6.54 Å². The summed E-state index contributed by atoms with van der Waals surface area (Å²) in [6.07, 6.45) is 0.809. The number of aromatic nitrogens is 5. The maximum absolute atomic E-state index is 13.7. The smallest absolute Gasteiger partial charge is 0.292 e. The van der Waals surface area contributed by atoms with E-state index in [1.54, 1.807) is 4.52 Å². The number of hydrogen-bond donors (Lipinski definition) is 2. The number of aliphatic hydroxyl groups is 1. The van der Waals surface area contributed by atoms with Crippen molar-refractivity contribution in [1.29, 1.82) is 0 Å². The van der Waals surface area contributed by atoms with Crippen LogP contribution >= 0.6 is 0 Å². The van der Waals surface area contributed by atoms with Crippen LogP contribution < -0.4 is 0 Å². The van der Waals surface area contributed by atoms with Crippen LogP contribution in [-0.4, -0.2) is 47.0 Å². The molecule has 0 radical (unpaired) electrons. The second-order valence-electron chi connectivity index (χ2n) is 8.66. The third-order valence-electron chi connectivity index (χ3n) is 5.67. The van der Waals surface area contributed by atoms with Crippen molar-refractivity contribution in [3.63, 3.8) is 0 Å². The molecule has 11 heteroatoms. The number of aryl methyl sites for hydroxylation is 1. The lowest BCUT2D eigenvalue weighted by Crippen LogP contribution is -2.41. The quantitative estimate of drug-likeness (QED) is 0.487. The van der Waals surface area contributed by atoms with Gasteiger partial charge in [0.15, 0.2) is 5.69 Å². The highest BCUT2D eigenvalue weighted by Crippen LogP contribution is 2.36. The van der Waals surface area contributed by atoms with Crippen LogP contribution in [0.2, 0.25) is 0 Å². The van der Waals surface area contributed by atoms with Gasteiger partial charge in [-0.1, -0.05) is 6.07 Å². The van der Waals surface area contributed by atoms with Gasteiger partial charge in [-0.15, -0.1) is 0 Å². The van der Waals surface area contributed by atoms with Crippen molar-refractivity contribution in [2.45, 2.75) is 45.3 Å². The number of fused-ring (bicyclic) bond motifs is 2. The predicted molar refractivity (Wildman–Crippen MR) is 112 cm³/mol. The summed E-state index contributed by atoms with van der Waals surface area (Å²) in [7, 11) is 0. The Morgan fingerprint density at radius 2 is 2.15 bits per heavy atom. The topological polar surface area (TPSA) is 113 Å². The van der Waals surface area contributed by atoms with Crippen LogP contribution in [0.5, 0.6) is 0 Å².